The molecule has 8 heteroatoms. The number of fused-ring (bicyclic) bond motifs is 2. The molecule has 2 aliphatic heterocycles. The lowest BCUT2D eigenvalue weighted by molar-refractivity contribution is -0.123. The maximum atomic E-state index is 13.4. The van der Waals surface area contributed by atoms with Crippen molar-refractivity contribution in [1.29, 1.82) is 0 Å². The summed E-state index contributed by atoms with van der Waals surface area (Å²) in [6, 6.07) is 25.0. The number of carbonyl (C=O) groups excluding carboxylic acids is 2. The monoisotopic (exact) mass is 529 g/mol. The van der Waals surface area contributed by atoms with Gasteiger partial charge in [-0.05, 0) is 51.9 Å². The summed E-state index contributed by atoms with van der Waals surface area (Å²) < 4.78 is 16.9. The first kappa shape index (κ1) is 23.5. The van der Waals surface area contributed by atoms with Crippen LogP contribution >= 0.6 is 23.4 Å². The molecule has 2 amide bonds. The third-order valence-corrected chi connectivity index (χ3v) is 7.45. The highest BCUT2D eigenvalue weighted by atomic mass is 35.5. The smallest absolute Gasteiger partial charge is 0.293 e. The van der Waals surface area contributed by atoms with Crippen LogP contribution in [0.2, 0.25) is 5.02 Å². The Balaban J connectivity index is 1.32. The first-order valence-electron chi connectivity index (χ1n) is 11.6. The van der Waals surface area contributed by atoms with Crippen molar-refractivity contribution in [2.75, 3.05) is 6.79 Å². The molecule has 6 nitrogen and oxygen atoms in total. The van der Waals surface area contributed by atoms with Gasteiger partial charge in [-0.25, -0.2) is 0 Å². The molecule has 184 valence electrons. The van der Waals surface area contributed by atoms with Crippen LogP contribution in [0.4, 0.5) is 4.79 Å². The van der Waals surface area contributed by atoms with E-state index in [2.05, 4.69) is 0 Å². The van der Waals surface area contributed by atoms with E-state index in [4.69, 9.17) is 25.8 Å². The molecule has 0 bridgehead atoms. The van der Waals surface area contributed by atoms with Gasteiger partial charge in [-0.15, -0.1) is 0 Å². The van der Waals surface area contributed by atoms with Gasteiger partial charge in [-0.1, -0.05) is 72.3 Å². The molecule has 2 aliphatic rings. The van der Waals surface area contributed by atoms with E-state index in [0.29, 0.717) is 39.3 Å². The Labute approximate surface area is 222 Å². The van der Waals surface area contributed by atoms with Gasteiger partial charge in [0.05, 0.1) is 11.4 Å². The van der Waals surface area contributed by atoms with Gasteiger partial charge in [0.15, 0.2) is 11.5 Å². The second kappa shape index (κ2) is 9.84. The quantitative estimate of drug-likeness (QED) is 0.250. The standard InChI is InChI=1S/C29H20ClNO5S/c30-23-14-26-25(35-17-36-26)12-20(23)15-31-28(32)27(37-29(31)33)13-22-21-9-5-4-8-19(21)10-11-24(22)34-16-18-6-2-1-3-7-18/h1-14H,15-17H2. The van der Waals surface area contributed by atoms with Gasteiger partial charge in [0.25, 0.3) is 11.1 Å². The second-order valence-corrected chi connectivity index (χ2v) is 9.94. The molecule has 1 fully saturated rings. The van der Waals surface area contributed by atoms with Gasteiger partial charge < -0.3 is 14.2 Å². The minimum Gasteiger partial charge on any atom is -0.488 e. The van der Waals surface area contributed by atoms with Crippen LogP contribution in [-0.4, -0.2) is 22.8 Å². The topological polar surface area (TPSA) is 65.1 Å². The highest BCUT2D eigenvalue weighted by Gasteiger charge is 2.36. The predicted octanol–water partition coefficient (Wildman–Crippen LogP) is 7.04. The van der Waals surface area contributed by atoms with E-state index < -0.39 is 0 Å². The number of halogens is 1. The fourth-order valence-corrected chi connectivity index (χ4v) is 5.34. The van der Waals surface area contributed by atoms with Gasteiger partial charge in [-0.3, -0.25) is 14.5 Å². The van der Waals surface area contributed by atoms with Crippen LogP contribution in [0.5, 0.6) is 17.2 Å². The number of rotatable bonds is 6. The predicted molar refractivity (Wildman–Crippen MR) is 144 cm³/mol. The molecular weight excluding hydrogens is 510 g/mol. The average molecular weight is 530 g/mol. The van der Waals surface area contributed by atoms with Crippen LogP contribution < -0.4 is 14.2 Å². The van der Waals surface area contributed by atoms with Crippen molar-refractivity contribution in [2.24, 2.45) is 0 Å². The molecule has 4 aromatic carbocycles. The molecule has 0 saturated carbocycles. The molecule has 6 rings (SSSR count). The lowest BCUT2D eigenvalue weighted by Crippen LogP contribution is -2.27. The molecule has 0 aromatic heterocycles. The number of hydrogen-bond donors (Lipinski definition) is 0. The zero-order valence-electron chi connectivity index (χ0n) is 19.5. The summed E-state index contributed by atoms with van der Waals surface area (Å²) in [6.07, 6.45) is 1.74. The van der Waals surface area contributed by atoms with Crippen molar-refractivity contribution in [1.82, 2.24) is 4.90 Å². The van der Waals surface area contributed by atoms with Gasteiger partial charge in [0.2, 0.25) is 6.79 Å². The molecule has 0 unspecified atom stereocenters. The van der Waals surface area contributed by atoms with E-state index in [1.807, 2.05) is 66.7 Å². The molecular formula is C29H20ClNO5S. The van der Waals surface area contributed by atoms with E-state index in [-0.39, 0.29) is 24.5 Å². The van der Waals surface area contributed by atoms with Crippen LogP contribution in [0.1, 0.15) is 16.7 Å². The summed E-state index contributed by atoms with van der Waals surface area (Å²) in [5.74, 6) is 1.33. The van der Waals surface area contributed by atoms with Crippen molar-refractivity contribution < 1.29 is 23.8 Å². The molecule has 2 heterocycles. The third-order valence-electron chi connectivity index (χ3n) is 6.19. The van der Waals surface area contributed by atoms with Crippen LogP contribution in [-0.2, 0) is 17.9 Å². The van der Waals surface area contributed by atoms with E-state index in [9.17, 15) is 9.59 Å². The number of amides is 2. The average Bonchev–Trinajstić information content (AvgIpc) is 3.47. The minimum absolute atomic E-state index is 0.0321. The number of hydrogen-bond acceptors (Lipinski definition) is 6. The van der Waals surface area contributed by atoms with E-state index in [0.717, 1.165) is 33.7 Å². The Hall–Kier alpha value is -3.94. The van der Waals surface area contributed by atoms with Crippen LogP contribution in [0, 0.1) is 0 Å². The van der Waals surface area contributed by atoms with Gasteiger partial charge in [0.1, 0.15) is 12.4 Å². The van der Waals surface area contributed by atoms with Crippen molar-refractivity contribution in [3.63, 3.8) is 0 Å². The molecule has 37 heavy (non-hydrogen) atoms. The lowest BCUT2D eigenvalue weighted by atomic mass is 10.0. The molecule has 0 aliphatic carbocycles. The summed E-state index contributed by atoms with van der Waals surface area (Å²) in [6.45, 7) is 0.521. The second-order valence-electron chi connectivity index (χ2n) is 8.54. The van der Waals surface area contributed by atoms with Gasteiger partial charge >= 0.3 is 0 Å². The largest absolute Gasteiger partial charge is 0.488 e. The molecule has 0 atom stereocenters. The van der Waals surface area contributed by atoms with Crippen LogP contribution in [0.25, 0.3) is 16.8 Å². The number of benzene rings is 4. The SMILES string of the molecule is O=C1SC(=Cc2c(OCc3ccccc3)ccc3ccccc23)C(=O)N1Cc1cc2c(cc1Cl)OCO2. The van der Waals surface area contributed by atoms with Crippen LogP contribution in [0.15, 0.2) is 83.8 Å². The summed E-state index contributed by atoms with van der Waals surface area (Å²) in [7, 11) is 0. The van der Waals surface area contributed by atoms with Crippen molar-refractivity contribution in [3.05, 3.63) is 105 Å². The zero-order valence-corrected chi connectivity index (χ0v) is 21.1. The first-order chi connectivity index (χ1) is 18.1. The fraction of sp³-hybridized carbons (Fsp3) is 0.103. The molecule has 0 N–H and O–H groups in total. The summed E-state index contributed by atoms with van der Waals surface area (Å²) in [4.78, 5) is 27.8. The number of ether oxygens (including phenoxy) is 3. The lowest BCUT2D eigenvalue weighted by Gasteiger charge is -2.14. The molecule has 4 aromatic rings. The zero-order chi connectivity index (χ0) is 25.4. The number of thioether (sulfide) groups is 1. The molecule has 1 saturated heterocycles. The molecule has 0 spiro atoms. The number of imide groups is 1. The Bertz CT molecular complexity index is 1570. The third kappa shape index (κ3) is 4.63. The summed E-state index contributed by atoms with van der Waals surface area (Å²) >= 11 is 7.30. The van der Waals surface area contributed by atoms with Crippen molar-refractivity contribution >= 4 is 51.4 Å². The minimum atomic E-state index is -0.384. The normalized spacial score (nSPS) is 15.7. The Morgan fingerprint density at radius 2 is 1.70 bits per heavy atom. The van der Waals surface area contributed by atoms with Gasteiger partial charge in [-0.2, -0.15) is 0 Å². The van der Waals surface area contributed by atoms with E-state index in [1.165, 1.54) is 4.90 Å². The Morgan fingerprint density at radius 1 is 0.946 bits per heavy atom. The fourth-order valence-electron chi connectivity index (χ4n) is 4.30. The van der Waals surface area contributed by atoms with Crippen molar-refractivity contribution in [2.45, 2.75) is 13.2 Å². The number of carbonyl (C=O) groups is 2. The first-order valence-corrected chi connectivity index (χ1v) is 12.8. The van der Waals surface area contributed by atoms with Crippen LogP contribution in [0.3, 0.4) is 0 Å². The molecule has 0 radical (unpaired) electrons. The highest BCUT2D eigenvalue weighted by molar-refractivity contribution is 8.18. The van der Waals surface area contributed by atoms with Crippen molar-refractivity contribution in [3.8, 4) is 17.2 Å². The van der Waals surface area contributed by atoms with E-state index >= 15 is 0 Å². The van der Waals surface area contributed by atoms with Gasteiger partial charge in [0, 0.05) is 16.7 Å². The highest BCUT2D eigenvalue weighted by Crippen LogP contribution is 2.40. The Morgan fingerprint density at radius 3 is 2.54 bits per heavy atom. The maximum Gasteiger partial charge on any atom is 0.293 e. The number of nitrogens with zero attached hydrogens (tertiary/aromatic N) is 1. The Kier molecular flexibility index (Phi) is 6.24. The van der Waals surface area contributed by atoms with E-state index in [1.54, 1.807) is 18.2 Å². The summed E-state index contributed by atoms with van der Waals surface area (Å²) in [5, 5.41) is 1.97. The summed E-state index contributed by atoms with van der Waals surface area (Å²) in [5.41, 5.74) is 2.38. The maximum absolute atomic E-state index is 13.4.